The lowest BCUT2D eigenvalue weighted by molar-refractivity contribution is -0.146. The summed E-state index contributed by atoms with van der Waals surface area (Å²) >= 11 is 0. The van der Waals surface area contributed by atoms with Crippen LogP contribution in [0.25, 0.3) is 0 Å². The number of rotatable bonds is 10. The maximum Gasteiger partial charge on any atom is 0.322 e. The van der Waals surface area contributed by atoms with Gasteiger partial charge in [0.1, 0.15) is 18.6 Å². The summed E-state index contributed by atoms with van der Waals surface area (Å²) in [6, 6.07) is -3.18. The van der Waals surface area contributed by atoms with Crippen LogP contribution in [0.2, 0.25) is 0 Å². The Morgan fingerprint density at radius 1 is 1.18 bits per heavy atom. The molecule has 158 valence electrons. The number of likely N-dealkylation sites (tertiary alicyclic amines) is 1. The van der Waals surface area contributed by atoms with Crippen molar-refractivity contribution in [3.63, 3.8) is 0 Å². The number of carbonyl (C=O) groups excluding carboxylic acids is 3. The Labute approximate surface area is 162 Å². The number of carboxylic acid groups (broad SMARTS) is 2. The lowest BCUT2D eigenvalue weighted by Crippen LogP contribution is -2.57. The van der Waals surface area contributed by atoms with Gasteiger partial charge in [-0.3, -0.25) is 24.0 Å². The molecule has 0 aromatic rings. The van der Waals surface area contributed by atoms with E-state index in [1.165, 1.54) is 4.90 Å². The summed E-state index contributed by atoms with van der Waals surface area (Å²) in [5, 5.41) is 22.4. The molecule has 0 aromatic heterocycles. The Balaban J connectivity index is 2.90. The van der Waals surface area contributed by atoms with Crippen LogP contribution >= 0.6 is 0 Å². The second kappa shape index (κ2) is 10.6. The molecule has 0 aromatic carbocycles. The fraction of sp³-hybridized carbons (Fsp3) is 0.706. The third-order valence-corrected chi connectivity index (χ3v) is 4.81. The zero-order chi connectivity index (χ0) is 21.4. The molecule has 4 atom stereocenters. The second-order valence-corrected chi connectivity index (χ2v) is 6.87. The van der Waals surface area contributed by atoms with Gasteiger partial charge >= 0.3 is 11.9 Å². The van der Waals surface area contributed by atoms with Gasteiger partial charge in [-0.2, -0.15) is 0 Å². The molecule has 0 saturated carbocycles. The number of carboxylic acids is 2. The van der Waals surface area contributed by atoms with Crippen molar-refractivity contribution in [3.8, 4) is 0 Å². The number of amides is 3. The Morgan fingerprint density at radius 2 is 1.82 bits per heavy atom. The van der Waals surface area contributed by atoms with E-state index >= 15 is 0 Å². The second-order valence-electron chi connectivity index (χ2n) is 6.87. The van der Waals surface area contributed by atoms with Gasteiger partial charge in [-0.1, -0.05) is 20.3 Å². The molecule has 4 unspecified atom stereocenters. The maximum atomic E-state index is 12.8. The Bertz CT molecular complexity index is 625. The van der Waals surface area contributed by atoms with E-state index in [0.29, 0.717) is 19.3 Å². The Kier molecular flexibility index (Phi) is 8.83. The third kappa shape index (κ3) is 6.48. The van der Waals surface area contributed by atoms with E-state index in [9.17, 15) is 24.0 Å². The molecule has 1 aliphatic rings. The van der Waals surface area contributed by atoms with Crippen LogP contribution < -0.4 is 16.4 Å². The van der Waals surface area contributed by atoms with Gasteiger partial charge in [-0.05, 0) is 18.8 Å². The van der Waals surface area contributed by atoms with Crippen molar-refractivity contribution in [1.82, 2.24) is 15.5 Å². The molecule has 0 radical (unpaired) electrons. The standard InChI is InChI=1S/C17H28N4O7/c1-3-9(2)14(18)16(27)20-10(7-12(22)23)17(28)21-6-4-5-11(21)15(26)19-8-13(24)25/h9-11,14H,3-8,18H2,1-2H3,(H,19,26)(H,20,27)(H,22,23)(H,24,25). The minimum atomic E-state index is -1.37. The number of nitrogens with two attached hydrogens (primary N) is 1. The largest absolute Gasteiger partial charge is 0.481 e. The molecule has 11 nitrogen and oxygen atoms in total. The van der Waals surface area contributed by atoms with Gasteiger partial charge in [-0.25, -0.2) is 0 Å². The summed E-state index contributed by atoms with van der Waals surface area (Å²) in [6.07, 6.45) is 0.788. The highest BCUT2D eigenvalue weighted by Crippen LogP contribution is 2.19. The summed E-state index contributed by atoms with van der Waals surface area (Å²) in [4.78, 5) is 60.3. The molecule has 0 aliphatic carbocycles. The van der Waals surface area contributed by atoms with Crippen LogP contribution in [0, 0.1) is 5.92 Å². The first-order chi connectivity index (χ1) is 13.1. The van der Waals surface area contributed by atoms with E-state index in [1.54, 1.807) is 6.92 Å². The summed E-state index contributed by atoms with van der Waals surface area (Å²) in [7, 11) is 0. The first-order valence-electron chi connectivity index (χ1n) is 9.16. The smallest absolute Gasteiger partial charge is 0.322 e. The van der Waals surface area contributed by atoms with Gasteiger partial charge in [0.05, 0.1) is 12.5 Å². The lowest BCUT2D eigenvalue weighted by Gasteiger charge is -2.29. The van der Waals surface area contributed by atoms with E-state index in [2.05, 4.69) is 10.6 Å². The van der Waals surface area contributed by atoms with Crippen molar-refractivity contribution < 1.29 is 34.2 Å². The summed E-state index contributed by atoms with van der Waals surface area (Å²) < 4.78 is 0. The first-order valence-corrected chi connectivity index (χ1v) is 9.16. The van der Waals surface area contributed by atoms with Gasteiger partial charge in [0.2, 0.25) is 17.7 Å². The van der Waals surface area contributed by atoms with Crippen molar-refractivity contribution >= 4 is 29.7 Å². The van der Waals surface area contributed by atoms with Crippen LogP contribution in [0.15, 0.2) is 0 Å². The highest BCUT2D eigenvalue weighted by molar-refractivity contribution is 5.95. The van der Waals surface area contributed by atoms with E-state index in [0.717, 1.165) is 0 Å². The Hall–Kier alpha value is -2.69. The predicted molar refractivity (Wildman–Crippen MR) is 97.0 cm³/mol. The average Bonchev–Trinajstić information content (AvgIpc) is 3.12. The first kappa shape index (κ1) is 23.3. The summed E-state index contributed by atoms with van der Waals surface area (Å²) in [5.74, 6) is -4.66. The molecule has 3 amide bonds. The summed E-state index contributed by atoms with van der Waals surface area (Å²) in [5.41, 5.74) is 5.84. The topological polar surface area (TPSA) is 179 Å². The fourth-order valence-electron chi connectivity index (χ4n) is 2.94. The molecule has 28 heavy (non-hydrogen) atoms. The van der Waals surface area contributed by atoms with E-state index in [-0.39, 0.29) is 12.5 Å². The van der Waals surface area contributed by atoms with Gasteiger partial charge in [0.15, 0.2) is 0 Å². The number of hydrogen-bond acceptors (Lipinski definition) is 6. The zero-order valence-electron chi connectivity index (χ0n) is 16.0. The van der Waals surface area contributed by atoms with Crippen molar-refractivity contribution in [2.24, 2.45) is 11.7 Å². The van der Waals surface area contributed by atoms with Crippen molar-refractivity contribution in [3.05, 3.63) is 0 Å². The highest BCUT2D eigenvalue weighted by atomic mass is 16.4. The van der Waals surface area contributed by atoms with Crippen molar-refractivity contribution in [1.29, 1.82) is 0 Å². The fourth-order valence-corrected chi connectivity index (χ4v) is 2.94. The van der Waals surface area contributed by atoms with E-state index in [1.807, 2.05) is 6.92 Å². The van der Waals surface area contributed by atoms with E-state index in [4.69, 9.17) is 15.9 Å². The number of carbonyl (C=O) groups is 5. The number of hydrogen-bond donors (Lipinski definition) is 5. The van der Waals surface area contributed by atoms with Crippen molar-refractivity contribution in [2.45, 2.75) is 57.7 Å². The highest BCUT2D eigenvalue weighted by Gasteiger charge is 2.39. The van der Waals surface area contributed by atoms with Crippen LogP contribution in [0.4, 0.5) is 0 Å². The molecule has 1 rings (SSSR count). The molecule has 6 N–H and O–H groups in total. The quantitative estimate of drug-likeness (QED) is 0.294. The summed E-state index contributed by atoms with van der Waals surface area (Å²) in [6.45, 7) is 3.23. The van der Waals surface area contributed by atoms with Crippen LogP contribution in [-0.2, 0) is 24.0 Å². The number of nitrogens with one attached hydrogen (secondary N) is 2. The number of nitrogens with zero attached hydrogens (tertiary/aromatic N) is 1. The third-order valence-electron chi connectivity index (χ3n) is 4.81. The van der Waals surface area contributed by atoms with Crippen molar-refractivity contribution in [2.75, 3.05) is 13.1 Å². The molecule has 1 aliphatic heterocycles. The molecular weight excluding hydrogens is 372 g/mol. The van der Waals surface area contributed by atoms with Crippen LogP contribution in [0.1, 0.15) is 39.5 Å². The molecular formula is C17H28N4O7. The average molecular weight is 400 g/mol. The van der Waals surface area contributed by atoms with Gasteiger partial charge < -0.3 is 31.5 Å². The van der Waals surface area contributed by atoms with Gasteiger partial charge in [0, 0.05) is 6.54 Å². The zero-order valence-corrected chi connectivity index (χ0v) is 16.0. The van der Waals surface area contributed by atoms with E-state index < -0.39 is 60.8 Å². The molecule has 1 heterocycles. The van der Waals surface area contributed by atoms with Crippen LogP contribution in [0.5, 0.6) is 0 Å². The Morgan fingerprint density at radius 3 is 2.36 bits per heavy atom. The van der Waals surface area contributed by atoms with Gasteiger partial charge in [-0.15, -0.1) is 0 Å². The molecule has 0 bridgehead atoms. The monoisotopic (exact) mass is 400 g/mol. The SMILES string of the molecule is CCC(C)C(N)C(=O)NC(CC(=O)O)C(=O)N1CCCC1C(=O)NCC(=O)O. The van der Waals surface area contributed by atoms with Crippen LogP contribution in [0.3, 0.4) is 0 Å². The molecule has 1 saturated heterocycles. The van der Waals surface area contributed by atoms with Gasteiger partial charge in [0.25, 0.3) is 0 Å². The maximum absolute atomic E-state index is 12.8. The minimum absolute atomic E-state index is 0.165. The van der Waals surface area contributed by atoms with Crippen LogP contribution in [-0.4, -0.2) is 76.0 Å². The number of aliphatic carboxylic acids is 2. The molecule has 0 spiro atoms. The molecule has 1 fully saturated rings. The lowest BCUT2D eigenvalue weighted by atomic mass is 9.99. The minimum Gasteiger partial charge on any atom is -0.481 e. The normalized spacial score (nSPS) is 19.4. The predicted octanol–water partition coefficient (Wildman–Crippen LogP) is -1.49. The molecule has 11 heteroatoms.